The summed E-state index contributed by atoms with van der Waals surface area (Å²) in [6.07, 6.45) is 27.9. The van der Waals surface area contributed by atoms with E-state index in [-0.39, 0.29) is 36.9 Å². The summed E-state index contributed by atoms with van der Waals surface area (Å²) >= 11 is 0. The van der Waals surface area contributed by atoms with E-state index in [0.29, 0.717) is 0 Å². The van der Waals surface area contributed by atoms with E-state index < -0.39 is 8.07 Å². The Bertz CT molecular complexity index is 548. The average molecular weight is 563 g/mol. The topological polar surface area (TPSA) is 9.23 Å². The largest absolute Gasteiger partial charge is 0.381 e. The van der Waals surface area contributed by atoms with E-state index in [4.69, 9.17) is 4.74 Å². The summed E-state index contributed by atoms with van der Waals surface area (Å²) in [5.41, 5.74) is 0. The first kappa shape index (κ1) is 25.6. The summed E-state index contributed by atoms with van der Waals surface area (Å²) in [7, 11) is -0.861. The summed E-state index contributed by atoms with van der Waals surface area (Å²) in [6, 6.07) is 0. The summed E-state index contributed by atoms with van der Waals surface area (Å²) < 4.78 is 5.88. The van der Waals surface area contributed by atoms with Crippen LogP contribution in [-0.2, 0) is 4.74 Å². The van der Waals surface area contributed by atoms with E-state index in [1.807, 2.05) is 0 Å². The van der Waals surface area contributed by atoms with Gasteiger partial charge in [0.2, 0.25) is 0 Å². The zero-order valence-corrected chi connectivity index (χ0v) is 20.3. The Hall–Kier alpha value is 0.371. The predicted octanol–water partition coefficient (Wildman–Crippen LogP) is 6.02. The first-order valence-electron chi connectivity index (χ1n) is 10.1. The van der Waals surface area contributed by atoms with Crippen LogP contribution in [-0.4, -0.2) is 21.3 Å². The molecule has 0 heterocycles. The second-order valence-electron chi connectivity index (χ2n) is 8.56. The Morgan fingerprint density at radius 2 is 1.07 bits per heavy atom. The summed E-state index contributed by atoms with van der Waals surface area (Å²) in [5, 5.41) is 0. The molecule has 29 heavy (non-hydrogen) atoms. The molecule has 2 saturated carbocycles. The normalized spacial score (nSPS) is 23.0. The number of hydrogen-bond donors (Lipinski definition) is 0. The molecule has 0 aromatic carbocycles. The molecule has 4 rings (SSSR count). The predicted molar refractivity (Wildman–Crippen MR) is 122 cm³/mol. The molecule has 4 aliphatic carbocycles. The smallest absolute Gasteiger partial charge is 0.0471 e. The molecule has 0 aliphatic heterocycles. The van der Waals surface area contributed by atoms with E-state index in [9.17, 15) is 0 Å². The van der Waals surface area contributed by atoms with Gasteiger partial charge >= 0.3 is 0 Å². The van der Waals surface area contributed by atoms with Crippen molar-refractivity contribution >= 4 is 8.07 Å². The fourth-order valence-electron chi connectivity index (χ4n) is 3.33. The monoisotopic (exact) mass is 562 g/mol. The maximum absolute atomic E-state index is 5.88. The van der Waals surface area contributed by atoms with Crippen LogP contribution in [0.25, 0.3) is 0 Å². The van der Waals surface area contributed by atoms with Gasteiger partial charge in [-0.3, -0.25) is 0 Å². The van der Waals surface area contributed by atoms with Gasteiger partial charge < -0.3 is 11.3 Å². The zero-order valence-electron chi connectivity index (χ0n) is 17.6. The SMILES string of the molecule is [CH2-][Si](C)(C)C.[CH]1[CH][C](CCOCC[C]2[CH][CH][C]3C=CC=C[C]32)[C]2C=CC=C[C]12.[Lu]. The van der Waals surface area contributed by atoms with Crippen LogP contribution in [0.2, 0.25) is 19.6 Å². The molecule has 2 fully saturated rings. The van der Waals surface area contributed by atoms with Crippen LogP contribution >= 0.6 is 0 Å². The third kappa shape index (κ3) is 8.43. The molecule has 0 aromatic rings. The maximum Gasteiger partial charge on any atom is 0.0471 e. The van der Waals surface area contributed by atoms with Crippen molar-refractivity contribution in [2.24, 2.45) is 0 Å². The standard InChI is InChI=1S/C22H20O.C4H11Si.Lu/c1-3-7-21-17(5-1)9-11-19(21)13-15-23-16-14-20-12-10-18-6-2-4-8-22(18)20;1-5(2,3)4;/h1-12H,13-16H2;1H2,2-4H3;/q;-1;. The van der Waals surface area contributed by atoms with Gasteiger partial charge in [0.1, 0.15) is 0 Å². The zero-order chi connectivity index (χ0) is 20.0. The number of fused-ring (bicyclic) bond motifs is 2. The molecule has 0 bridgehead atoms. The van der Waals surface area contributed by atoms with Gasteiger partial charge in [0.25, 0.3) is 0 Å². The fraction of sp³-hybridized carbons (Fsp3) is 0.269. The number of ether oxygens (including phenoxy) is 1. The Kier molecular flexibility index (Phi) is 11.0. The van der Waals surface area contributed by atoms with Crippen molar-refractivity contribution in [1.29, 1.82) is 0 Å². The van der Waals surface area contributed by atoms with Crippen molar-refractivity contribution in [1.82, 2.24) is 0 Å². The van der Waals surface area contributed by atoms with Crippen molar-refractivity contribution in [3.63, 3.8) is 0 Å². The molecule has 11 radical (unpaired) electrons. The van der Waals surface area contributed by atoms with Gasteiger partial charge in [-0.05, 0) is 50.4 Å². The van der Waals surface area contributed by atoms with Crippen molar-refractivity contribution in [2.45, 2.75) is 32.5 Å². The second-order valence-corrected chi connectivity index (χ2v) is 13.7. The van der Waals surface area contributed by atoms with Gasteiger partial charge in [0.15, 0.2) is 0 Å². The third-order valence-electron chi connectivity index (χ3n) is 4.57. The van der Waals surface area contributed by atoms with E-state index in [2.05, 4.69) is 100 Å². The molecule has 0 aromatic heterocycles. The van der Waals surface area contributed by atoms with Crippen LogP contribution in [0.4, 0.5) is 0 Å². The molecule has 0 N–H and O–H groups in total. The number of hydrogen-bond acceptors (Lipinski definition) is 1. The Morgan fingerprint density at radius 1 is 0.690 bits per heavy atom. The quantitative estimate of drug-likeness (QED) is 0.219. The minimum absolute atomic E-state index is 0. The molecule has 0 atom stereocenters. The third-order valence-corrected chi connectivity index (χ3v) is 4.57. The number of rotatable bonds is 6. The molecule has 0 amide bonds. The van der Waals surface area contributed by atoms with Crippen LogP contribution in [0.3, 0.4) is 0 Å². The average Bonchev–Trinajstić information content (AvgIpc) is 3.25. The van der Waals surface area contributed by atoms with Crippen molar-refractivity contribution in [2.75, 3.05) is 13.2 Å². The molecule has 0 spiro atoms. The van der Waals surface area contributed by atoms with Crippen molar-refractivity contribution in [3.8, 4) is 0 Å². The summed E-state index contributed by atoms with van der Waals surface area (Å²) in [4.78, 5) is 0. The van der Waals surface area contributed by atoms with E-state index >= 15 is 0 Å². The molecular formula is C26H31LuOSi-. The molecule has 3 heteroatoms. The first-order valence-corrected chi connectivity index (χ1v) is 13.8. The van der Waals surface area contributed by atoms with Crippen LogP contribution in [0, 0.1) is 105 Å². The van der Waals surface area contributed by atoms with Gasteiger partial charge in [0, 0.05) is 73.8 Å². The summed E-state index contributed by atoms with van der Waals surface area (Å²) in [5.74, 6) is 8.14. The van der Waals surface area contributed by atoms with E-state index in [1.165, 1.54) is 35.5 Å². The molecule has 0 unspecified atom stereocenters. The Morgan fingerprint density at radius 3 is 1.48 bits per heavy atom. The molecule has 0 saturated heterocycles. The van der Waals surface area contributed by atoms with Gasteiger partial charge in [-0.2, -0.15) is 0 Å². The van der Waals surface area contributed by atoms with Crippen molar-refractivity contribution in [3.05, 3.63) is 116 Å². The summed E-state index contributed by atoms with van der Waals surface area (Å²) in [6.45, 7) is 12.1. The van der Waals surface area contributed by atoms with Crippen LogP contribution < -0.4 is 0 Å². The van der Waals surface area contributed by atoms with Crippen LogP contribution in [0.5, 0.6) is 0 Å². The number of allylic oxidation sites excluding steroid dienone is 8. The van der Waals surface area contributed by atoms with Crippen LogP contribution in [0.1, 0.15) is 12.8 Å². The van der Waals surface area contributed by atoms with E-state index in [1.54, 1.807) is 0 Å². The molecule has 4 aliphatic rings. The first-order chi connectivity index (χ1) is 13.4. The Labute approximate surface area is 210 Å². The molecule has 1 nitrogen and oxygen atoms in total. The van der Waals surface area contributed by atoms with Crippen molar-refractivity contribution < 1.29 is 41.6 Å². The minimum atomic E-state index is -0.861. The molecular weight excluding hydrogens is 531 g/mol. The Balaban J connectivity index is 0.000000450. The fourth-order valence-corrected chi connectivity index (χ4v) is 3.33. The second kappa shape index (κ2) is 12.4. The maximum atomic E-state index is 5.88. The van der Waals surface area contributed by atoms with Gasteiger partial charge in [-0.25, -0.2) is 0 Å². The van der Waals surface area contributed by atoms with Gasteiger partial charge in [-0.1, -0.05) is 68.2 Å². The van der Waals surface area contributed by atoms with Gasteiger partial charge in [-0.15, -0.1) is 8.07 Å². The minimum Gasteiger partial charge on any atom is -0.381 e. The van der Waals surface area contributed by atoms with E-state index in [0.717, 1.165) is 26.1 Å². The van der Waals surface area contributed by atoms with Gasteiger partial charge in [0.05, 0.1) is 0 Å². The van der Waals surface area contributed by atoms with Crippen LogP contribution in [0.15, 0.2) is 48.6 Å². The molecule has 161 valence electrons.